The Balaban J connectivity index is 1.83. The van der Waals surface area contributed by atoms with E-state index in [1.165, 1.54) is 12.1 Å². The molecule has 1 aromatic carbocycles. The number of pyridine rings is 1. The van der Waals surface area contributed by atoms with Gasteiger partial charge in [0.25, 0.3) is 0 Å². The van der Waals surface area contributed by atoms with Crippen molar-refractivity contribution in [2.75, 3.05) is 13.1 Å². The number of benzene rings is 1. The third-order valence-electron chi connectivity index (χ3n) is 4.44. The zero-order valence-corrected chi connectivity index (χ0v) is 15.3. The smallest absolute Gasteiger partial charge is 0.238 e. The average molecular weight is 365 g/mol. The van der Waals surface area contributed by atoms with Crippen LogP contribution >= 0.6 is 11.6 Å². The van der Waals surface area contributed by atoms with Crippen molar-refractivity contribution in [1.82, 2.24) is 20.7 Å². The number of amides is 1. The molecule has 1 aliphatic rings. The number of carbonyl (C=O) groups is 1. The Hall–Kier alpha value is -1.76. The van der Waals surface area contributed by atoms with Crippen molar-refractivity contribution in [2.24, 2.45) is 0 Å². The minimum atomic E-state index is -0.359. The van der Waals surface area contributed by atoms with Crippen molar-refractivity contribution in [1.29, 1.82) is 0 Å². The minimum Gasteiger partial charge on any atom is -0.309 e. The average Bonchev–Trinajstić information content (AvgIpc) is 2.51. The van der Waals surface area contributed by atoms with Crippen LogP contribution in [0.2, 0.25) is 5.15 Å². The fraction of sp³-hybridized carbons (Fsp3) is 0.444. The highest BCUT2D eigenvalue weighted by Crippen LogP contribution is 2.27. The van der Waals surface area contributed by atoms with Gasteiger partial charge in [-0.1, -0.05) is 11.6 Å². The molecule has 1 aromatic heterocycles. The van der Waals surface area contributed by atoms with Gasteiger partial charge in [0.15, 0.2) is 0 Å². The lowest BCUT2D eigenvalue weighted by atomic mass is 10.0. The second-order valence-corrected chi connectivity index (χ2v) is 7.11. The number of hydrazine groups is 1. The van der Waals surface area contributed by atoms with Gasteiger partial charge < -0.3 is 5.32 Å². The largest absolute Gasteiger partial charge is 0.309 e. The number of hydrogen-bond donors (Lipinski definition) is 2. The normalized spacial score (nSPS) is 21.5. The first-order chi connectivity index (χ1) is 11.8. The summed E-state index contributed by atoms with van der Waals surface area (Å²) in [6.07, 6.45) is 0.126. The summed E-state index contributed by atoms with van der Waals surface area (Å²) in [5, 5.41) is 6.31. The highest BCUT2D eigenvalue weighted by Gasteiger charge is 2.23. The van der Waals surface area contributed by atoms with Crippen molar-refractivity contribution in [3.8, 4) is 0 Å². The number of rotatable bonds is 3. The molecule has 1 amide bonds. The molecular weight excluding hydrogens is 343 g/mol. The Morgan fingerprint density at radius 3 is 2.76 bits per heavy atom. The number of piperazine rings is 1. The van der Waals surface area contributed by atoms with Gasteiger partial charge in [-0.2, -0.15) is 0 Å². The summed E-state index contributed by atoms with van der Waals surface area (Å²) in [5.74, 6) is -0.500. The Kier molecular flexibility index (Phi) is 5.22. The van der Waals surface area contributed by atoms with Crippen LogP contribution in [0, 0.1) is 12.7 Å². The zero-order chi connectivity index (χ0) is 18.1. The van der Waals surface area contributed by atoms with E-state index in [1.807, 2.05) is 5.01 Å². The number of nitrogens with zero attached hydrogens (tertiary/aromatic N) is 2. The van der Waals surface area contributed by atoms with Crippen molar-refractivity contribution in [3.63, 3.8) is 0 Å². The molecule has 2 N–H and O–H groups in total. The lowest BCUT2D eigenvalue weighted by molar-refractivity contribution is -0.126. The molecule has 2 atom stereocenters. The van der Waals surface area contributed by atoms with Crippen molar-refractivity contribution < 1.29 is 9.18 Å². The van der Waals surface area contributed by atoms with Crippen LogP contribution in [0.4, 0.5) is 4.39 Å². The molecule has 0 spiro atoms. The maximum absolute atomic E-state index is 13.7. The number of carbonyl (C=O) groups excluding carboxylic acids is 1. The van der Waals surface area contributed by atoms with E-state index in [1.54, 1.807) is 13.0 Å². The van der Waals surface area contributed by atoms with Gasteiger partial charge in [-0.3, -0.25) is 10.2 Å². The van der Waals surface area contributed by atoms with E-state index in [9.17, 15) is 9.18 Å². The SMILES string of the molecule is Cc1c(Cl)nc2ccc(F)cc2c1CC(=O)NN1C[C@@H](C)N[C@@H](C)C1. The number of fused-ring (bicyclic) bond motifs is 1. The first-order valence-electron chi connectivity index (χ1n) is 8.38. The fourth-order valence-corrected chi connectivity index (χ4v) is 3.59. The molecule has 0 aliphatic carbocycles. The third-order valence-corrected chi connectivity index (χ3v) is 4.81. The molecule has 1 saturated heterocycles. The van der Waals surface area contributed by atoms with Gasteiger partial charge in [0.1, 0.15) is 11.0 Å². The van der Waals surface area contributed by atoms with Crippen molar-refractivity contribution >= 4 is 28.4 Å². The molecule has 5 nitrogen and oxygen atoms in total. The first-order valence-corrected chi connectivity index (χ1v) is 8.76. The molecule has 1 fully saturated rings. The van der Waals surface area contributed by atoms with Gasteiger partial charge in [0.05, 0.1) is 11.9 Å². The molecule has 7 heteroatoms. The lowest BCUT2D eigenvalue weighted by Crippen LogP contribution is -2.59. The summed E-state index contributed by atoms with van der Waals surface area (Å²) in [4.78, 5) is 16.8. The van der Waals surface area contributed by atoms with Crippen LogP contribution in [0.25, 0.3) is 10.9 Å². The maximum Gasteiger partial charge on any atom is 0.238 e. The van der Waals surface area contributed by atoms with Gasteiger partial charge in [-0.05, 0) is 50.1 Å². The minimum absolute atomic E-state index is 0.126. The van der Waals surface area contributed by atoms with Crippen molar-refractivity contribution in [3.05, 3.63) is 40.3 Å². The standard InChI is InChI=1S/C18H22ClFN4O/c1-10-8-24(9-11(2)21-10)23-17(25)7-14-12(3)18(19)22-16-5-4-13(20)6-15(14)16/h4-6,10-11,21H,7-9H2,1-3H3,(H,23,25)/t10-,11+. The van der Waals surface area contributed by atoms with E-state index in [0.717, 1.165) is 13.1 Å². The maximum atomic E-state index is 13.7. The Labute approximate surface area is 151 Å². The van der Waals surface area contributed by atoms with Crippen LogP contribution in [0.5, 0.6) is 0 Å². The van der Waals surface area contributed by atoms with Crippen LogP contribution < -0.4 is 10.7 Å². The van der Waals surface area contributed by atoms with E-state index in [2.05, 4.69) is 29.6 Å². The second-order valence-electron chi connectivity index (χ2n) is 6.75. The number of aromatic nitrogens is 1. The van der Waals surface area contributed by atoms with Crippen LogP contribution in [0.15, 0.2) is 18.2 Å². The van der Waals surface area contributed by atoms with Gasteiger partial charge in [0, 0.05) is 30.6 Å². The molecule has 3 rings (SSSR count). The lowest BCUT2D eigenvalue weighted by Gasteiger charge is -2.36. The van der Waals surface area contributed by atoms with E-state index in [4.69, 9.17) is 11.6 Å². The predicted molar refractivity (Wildman–Crippen MR) is 96.9 cm³/mol. The Bertz CT molecular complexity index is 803. The zero-order valence-electron chi connectivity index (χ0n) is 14.6. The molecule has 0 bridgehead atoms. The van der Waals surface area contributed by atoms with E-state index >= 15 is 0 Å². The van der Waals surface area contributed by atoms with E-state index in [-0.39, 0.29) is 18.1 Å². The first kappa shape index (κ1) is 18.0. The van der Waals surface area contributed by atoms with Gasteiger partial charge in [-0.15, -0.1) is 0 Å². The molecular formula is C18H22ClFN4O. The molecule has 1 aliphatic heterocycles. The topological polar surface area (TPSA) is 57.3 Å². The number of halogens is 2. The van der Waals surface area contributed by atoms with Gasteiger partial charge in [0.2, 0.25) is 5.91 Å². The van der Waals surface area contributed by atoms with Gasteiger partial charge >= 0.3 is 0 Å². The summed E-state index contributed by atoms with van der Waals surface area (Å²) >= 11 is 6.19. The molecule has 0 radical (unpaired) electrons. The number of hydrogen-bond acceptors (Lipinski definition) is 4. The Morgan fingerprint density at radius 1 is 1.40 bits per heavy atom. The van der Waals surface area contributed by atoms with Crippen LogP contribution in [0.1, 0.15) is 25.0 Å². The summed E-state index contributed by atoms with van der Waals surface area (Å²) in [5.41, 5.74) is 4.96. The van der Waals surface area contributed by atoms with Crippen LogP contribution in [-0.2, 0) is 11.2 Å². The monoisotopic (exact) mass is 364 g/mol. The molecule has 2 heterocycles. The molecule has 2 aromatic rings. The summed E-state index contributed by atoms with van der Waals surface area (Å²) in [6, 6.07) is 4.93. The van der Waals surface area contributed by atoms with Crippen LogP contribution in [0.3, 0.4) is 0 Å². The van der Waals surface area contributed by atoms with E-state index < -0.39 is 0 Å². The Morgan fingerprint density at radius 2 is 2.08 bits per heavy atom. The summed E-state index contributed by atoms with van der Waals surface area (Å²) in [7, 11) is 0. The quantitative estimate of drug-likeness (QED) is 0.822. The predicted octanol–water partition coefficient (Wildman–Crippen LogP) is 2.59. The van der Waals surface area contributed by atoms with Crippen molar-refractivity contribution in [2.45, 2.75) is 39.3 Å². The summed E-state index contributed by atoms with van der Waals surface area (Å²) < 4.78 is 13.7. The third kappa shape index (κ3) is 4.08. The fourth-order valence-electron chi connectivity index (χ4n) is 3.39. The molecule has 0 unspecified atom stereocenters. The molecule has 134 valence electrons. The second kappa shape index (κ2) is 7.23. The summed E-state index contributed by atoms with van der Waals surface area (Å²) in [6.45, 7) is 7.44. The molecule has 0 saturated carbocycles. The molecule has 25 heavy (non-hydrogen) atoms. The van der Waals surface area contributed by atoms with Gasteiger partial charge in [-0.25, -0.2) is 14.4 Å². The number of nitrogens with one attached hydrogen (secondary N) is 2. The highest BCUT2D eigenvalue weighted by molar-refractivity contribution is 6.30. The van der Waals surface area contributed by atoms with Crippen LogP contribution in [-0.4, -0.2) is 41.1 Å². The van der Waals surface area contributed by atoms with E-state index in [0.29, 0.717) is 39.3 Å². The highest BCUT2D eigenvalue weighted by atomic mass is 35.5.